The maximum atomic E-state index is 13.3. The zero-order valence-corrected chi connectivity index (χ0v) is 19.1. The number of amides is 1. The number of nitrogens with zero attached hydrogens (tertiary/aromatic N) is 2. The molecule has 1 N–H and O–H groups in total. The molecule has 0 unspecified atom stereocenters. The molecule has 1 aromatic carbocycles. The number of carbonyl (C=O) groups excluding carboxylic acids is 2. The number of fused-ring (bicyclic) bond motifs is 1. The van der Waals surface area contributed by atoms with E-state index in [0.29, 0.717) is 33.9 Å². The predicted molar refractivity (Wildman–Crippen MR) is 122 cm³/mol. The topological polar surface area (TPSA) is 113 Å². The molecule has 33 heavy (non-hydrogen) atoms. The van der Waals surface area contributed by atoms with Crippen molar-refractivity contribution in [2.75, 3.05) is 25.5 Å². The fourth-order valence-electron chi connectivity index (χ4n) is 3.59. The van der Waals surface area contributed by atoms with Crippen LogP contribution < -0.4 is 10.9 Å². The summed E-state index contributed by atoms with van der Waals surface area (Å²) >= 11 is 1.11. The van der Waals surface area contributed by atoms with E-state index in [-0.39, 0.29) is 36.5 Å². The molecule has 1 fully saturated rings. The first-order valence-electron chi connectivity index (χ1n) is 10.8. The molecule has 0 bridgehead atoms. The molecule has 0 spiro atoms. The highest BCUT2D eigenvalue weighted by Gasteiger charge is 2.19. The molecular weight excluding hydrogens is 446 g/mol. The van der Waals surface area contributed by atoms with Gasteiger partial charge in [-0.1, -0.05) is 11.8 Å². The van der Waals surface area contributed by atoms with Gasteiger partial charge in [0.2, 0.25) is 0 Å². The number of hydrogen-bond acceptors (Lipinski definition) is 8. The van der Waals surface area contributed by atoms with Crippen molar-refractivity contribution in [3.05, 3.63) is 58.3 Å². The first kappa shape index (κ1) is 23.1. The Morgan fingerprint density at radius 1 is 1.33 bits per heavy atom. The van der Waals surface area contributed by atoms with E-state index < -0.39 is 5.97 Å². The van der Waals surface area contributed by atoms with Crippen molar-refractivity contribution >= 4 is 34.5 Å². The van der Waals surface area contributed by atoms with E-state index in [1.165, 1.54) is 10.8 Å². The van der Waals surface area contributed by atoms with Crippen LogP contribution in [-0.2, 0) is 20.8 Å². The van der Waals surface area contributed by atoms with Crippen molar-refractivity contribution in [1.82, 2.24) is 14.9 Å². The molecule has 174 valence electrons. The summed E-state index contributed by atoms with van der Waals surface area (Å²) in [4.78, 5) is 42.4. The molecule has 10 heteroatoms. The summed E-state index contributed by atoms with van der Waals surface area (Å²) in [6.07, 6.45) is 3.49. The van der Waals surface area contributed by atoms with Crippen molar-refractivity contribution in [2.24, 2.45) is 0 Å². The average molecular weight is 472 g/mol. The SMILES string of the molecule is CCOC(=O)CSc1nc2cc(C(=O)NC[C@@H]3CCCO3)ccc2c(=O)n1Cc1ccco1. The fourth-order valence-corrected chi connectivity index (χ4v) is 4.39. The summed E-state index contributed by atoms with van der Waals surface area (Å²) in [6.45, 7) is 3.33. The summed E-state index contributed by atoms with van der Waals surface area (Å²) in [6, 6.07) is 8.30. The van der Waals surface area contributed by atoms with Crippen LogP contribution in [-0.4, -0.2) is 53.0 Å². The standard InChI is InChI=1S/C23H25N3O6S/c1-2-30-20(27)14-33-23-25-19-11-15(21(28)24-12-16-5-3-9-31-16)7-8-18(19)22(29)26(23)13-17-6-4-10-32-17/h4,6-8,10-11,16H,2-3,5,9,12-14H2,1H3,(H,24,28)/t16-/m0/s1. The highest BCUT2D eigenvalue weighted by atomic mass is 32.2. The van der Waals surface area contributed by atoms with Gasteiger partial charge in [0.05, 0.1) is 42.2 Å². The van der Waals surface area contributed by atoms with Crippen LogP contribution >= 0.6 is 11.8 Å². The molecule has 0 radical (unpaired) electrons. The van der Waals surface area contributed by atoms with Crippen molar-refractivity contribution in [1.29, 1.82) is 0 Å². The van der Waals surface area contributed by atoms with Crippen LogP contribution in [0.25, 0.3) is 10.9 Å². The summed E-state index contributed by atoms with van der Waals surface area (Å²) < 4.78 is 17.4. The van der Waals surface area contributed by atoms with Gasteiger partial charge in [0.15, 0.2) is 5.16 Å². The van der Waals surface area contributed by atoms with Crippen LogP contribution in [0.5, 0.6) is 0 Å². The van der Waals surface area contributed by atoms with Crippen LogP contribution in [0.3, 0.4) is 0 Å². The van der Waals surface area contributed by atoms with Gasteiger partial charge in [-0.25, -0.2) is 4.98 Å². The van der Waals surface area contributed by atoms with Crippen LogP contribution in [0.15, 0.2) is 51.0 Å². The molecule has 0 aliphatic carbocycles. The lowest BCUT2D eigenvalue weighted by molar-refractivity contribution is -0.139. The Balaban J connectivity index is 1.63. The van der Waals surface area contributed by atoms with Gasteiger partial charge in [0.1, 0.15) is 5.76 Å². The molecule has 1 aliphatic heterocycles. The quantitative estimate of drug-likeness (QED) is 0.288. The van der Waals surface area contributed by atoms with E-state index in [4.69, 9.17) is 13.9 Å². The summed E-state index contributed by atoms with van der Waals surface area (Å²) in [7, 11) is 0. The maximum Gasteiger partial charge on any atom is 0.316 e. The second kappa shape index (κ2) is 10.7. The maximum absolute atomic E-state index is 13.3. The normalized spacial score (nSPS) is 15.6. The Labute approximate surface area is 194 Å². The molecule has 1 atom stereocenters. The third-order valence-electron chi connectivity index (χ3n) is 5.22. The number of thioether (sulfide) groups is 1. The fraction of sp³-hybridized carbons (Fsp3) is 0.391. The van der Waals surface area contributed by atoms with Crippen molar-refractivity contribution in [3.63, 3.8) is 0 Å². The van der Waals surface area contributed by atoms with Crippen LogP contribution in [0.1, 0.15) is 35.9 Å². The molecule has 1 amide bonds. The van der Waals surface area contributed by atoms with Gasteiger partial charge < -0.3 is 19.2 Å². The molecular formula is C23H25N3O6S. The first-order valence-corrected chi connectivity index (χ1v) is 11.8. The van der Waals surface area contributed by atoms with Gasteiger partial charge in [0.25, 0.3) is 11.5 Å². The minimum absolute atomic E-state index is 0.00546. The van der Waals surface area contributed by atoms with Gasteiger partial charge in [-0.15, -0.1) is 0 Å². The number of ether oxygens (including phenoxy) is 2. The van der Waals surface area contributed by atoms with E-state index in [0.717, 1.165) is 31.2 Å². The summed E-state index contributed by atoms with van der Waals surface area (Å²) in [5.74, 6) is -0.0643. The first-order chi connectivity index (χ1) is 16.0. The monoisotopic (exact) mass is 471 g/mol. The number of hydrogen-bond donors (Lipinski definition) is 1. The van der Waals surface area contributed by atoms with E-state index in [1.54, 1.807) is 37.3 Å². The Morgan fingerprint density at radius 3 is 2.94 bits per heavy atom. The third kappa shape index (κ3) is 5.63. The molecule has 4 rings (SSSR count). The predicted octanol–water partition coefficient (Wildman–Crippen LogP) is 2.60. The molecule has 3 aromatic rings. The van der Waals surface area contributed by atoms with Gasteiger partial charge in [0, 0.05) is 18.7 Å². The molecule has 0 saturated carbocycles. The van der Waals surface area contributed by atoms with Crippen LogP contribution in [0, 0.1) is 0 Å². The molecule has 3 heterocycles. The number of esters is 1. The average Bonchev–Trinajstić information content (AvgIpc) is 3.52. The van der Waals surface area contributed by atoms with Gasteiger partial charge >= 0.3 is 5.97 Å². The highest BCUT2D eigenvalue weighted by Crippen LogP contribution is 2.20. The lowest BCUT2D eigenvalue weighted by Crippen LogP contribution is -2.31. The molecule has 1 saturated heterocycles. The lowest BCUT2D eigenvalue weighted by atomic mass is 10.1. The third-order valence-corrected chi connectivity index (χ3v) is 6.17. The largest absolute Gasteiger partial charge is 0.467 e. The number of carbonyl (C=O) groups is 2. The Kier molecular flexibility index (Phi) is 7.46. The molecule has 9 nitrogen and oxygen atoms in total. The van der Waals surface area contributed by atoms with Crippen molar-refractivity contribution in [3.8, 4) is 0 Å². The second-order valence-corrected chi connectivity index (χ2v) is 8.48. The van der Waals surface area contributed by atoms with Crippen LogP contribution in [0.2, 0.25) is 0 Å². The molecule has 2 aromatic heterocycles. The molecule has 1 aliphatic rings. The summed E-state index contributed by atoms with van der Waals surface area (Å²) in [5, 5.41) is 3.59. The van der Waals surface area contributed by atoms with E-state index >= 15 is 0 Å². The lowest BCUT2D eigenvalue weighted by Gasteiger charge is -2.13. The Hall–Kier alpha value is -3.11. The zero-order valence-electron chi connectivity index (χ0n) is 18.2. The van der Waals surface area contributed by atoms with E-state index in [1.807, 2.05) is 0 Å². The smallest absolute Gasteiger partial charge is 0.316 e. The van der Waals surface area contributed by atoms with E-state index in [9.17, 15) is 14.4 Å². The zero-order chi connectivity index (χ0) is 23.2. The highest BCUT2D eigenvalue weighted by molar-refractivity contribution is 7.99. The van der Waals surface area contributed by atoms with Gasteiger partial charge in [-0.2, -0.15) is 0 Å². The number of aromatic nitrogens is 2. The Bertz CT molecular complexity index is 1180. The van der Waals surface area contributed by atoms with E-state index in [2.05, 4.69) is 10.3 Å². The van der Waals surface area contributed by atoms with Crippen molar-refractivity contribution < 1.29 is 23.5 Å². The second-order valence-electron chi connectivity index (χ2n) is 7.54. The number of furan rings is 1. The number of benzene rings is 1. The minimum atomic E-state index is -0.399. The minimum Gasteiger partial charge on any atom is -0.467 e. The van der Waals surface area contributed by atoms with Crippen molar-refractivity contribution in [2.45, 2.75) is 37.6 Å². The van der Waals surface area contributed by atoms with Gasteiger partial charge in [-0.05, 0) is 50.1 Å². The van der Waals surface area contributed by atoms with Crippen LogP contribution in [0.4, 0.5) is 0 Å². The number of rotatable bonds is 9. The number of nitrogens with one attached hydrogen (secondary N) is 1. The van der Waals surface area contributed by atoms with Gasteiger partial charge in [-0.3, -0.25) is 19.0 Å². The Morgan fingerprint density at radius 2 is 2.21 bits per heavy atom. The summed E-state index contributed by atoms with van der Waals surface area (Å²) in [5.41, 5.74) is 0.499.